The molecular weight excluding hydrogens is 280 g/mol. The quantitative estimate of drug-likeness (QED) is 0.797. The van der Waals surface area contributed by atoms with Gasteiger partial charge in [-0.15, -0.1) is 0 Å². The summed E-state index contributed by atoms with van der Waals surface area (Å²) in [5.74, 6) is 0.262. The van der Waals surface area contributed by atoms with E-state index >= 15 is 0 Å². The summed E-state index contributed by atoms with van der Waals surface area (Å²) in [6, 6.07) is 7.88. The summed E-state index contributed by atoms with van der Waals surface area (Å²) < 4.78 is 12.0. The van der Waals surface area contributed by atoms with Crippen LogP contribution in [0.3, 0.4) is 0 Å². The Morgan fingerprint density at radius 1 is 1.32 bits per heavy atom. The van der Waals surface area contributed by atoms with Gasteiger partial charge in [0.05, 0.1) is 32.4 Å². The second-order valence-electron chi connectivity index (χ2n) is 5.34. The first-order chi connectivity index (χ1) is 10.5. The smallest absolute Gasteiger partial charge is 0.312 e. The van der Waals surface area contributed by atoms with Crippen LogP contribution in [0, 0.1) is 13.8 Å². The van der Waals surface area contributed by atoms with E-state index in [-0.39, 0.29) is 11.9 Å². The van der Waals surface area contributed by atoms with Crippen molar-refractivity contribution in [2.24, 2.45) is 0 Å². The molecule has 2 aromatic rings. The Bertz CT molecular complexity index is 677. The predicted molar refractivity (Wildman–Crippen MR) is 84.2 cm³/mol. The first-order valence-corrected chi connectivity index (χ1v) is 7.22. The molecule has 0 N–H and O–H groups in total. The summed E-state index contributed by atoms with van der Waals surface area (Å²) in [6.45, 7) is 6.38. The van der Waals surface area contributed by atoms with Crippen molar-refractivity contribution in [3.05, 3.63) is 46.8 Å². The largest absolute Gasteiger partial charge is 0.497 e. The van der Waals surface area contributed by atoms with Crippen molar-refractivity contribution in [2.45, 2.75) is 33.2 Å². The van der Waals surface area contributed by atoms with Crippen LogP contribution in [0.4, 0.5) is 0 Å². The second-order valence-corrected chi connectivity index (χ2v) is 5.34. The van der Waals surface area contributed by atoms with Gasteiger partial charge in [0.2, 0.25) is 0 Å². The molecule has 0 amide bonds. The molecule has 5 heteroatoms. The molecule has 0 fully saturated rings. The molecule has 2 rings (SSSR count). The van der Waals surface area contributed by atoms with Gasteiger partial charge in [-0.25, -0.2) is 0 Å². The summed E-state index contributed by atoms with van der Waals surface area (Å²) in [4.78, 5) is 11.8. The van der Waals surface area contributed by atoms with E-state index in [1.165, 1.54) is 7.11 Å². The van der Waals surface area contributed by atoms with Gasteiger partial charge in [-0.1, -0.05) is 12.1 Å². The van der Waals surface area contributed by atoms with Gasteiger partial charge in [0.1, 0.15) is 5.75 Å². The Morgan fingerprint density at radius 3 is 2.68 bits per heavy atom. The van der Waals surface area contributed by atoms with Crippen LogP contribution in [0.25, 0.3) is 0 Å². The molecule has 5 nitrogen and oxygen atoms in total. The zero-order chi connectivity index (χ0) is 16.3. The van der Waals surface area contributed by atoms with E-state index in [0.29, 0.717) is 6.54 Å². The summed E-state index contributed by atoms with van der Waals surface area (Å²) in [5, 5.41) is 4.57. The lowest BCUT2D eigenvalue weighted by molar-refractivity contribution is -0.142. The lowest BCUT2D eigenvalue weighted by atomic mass is 9.99. The van der Waals surface area contributed by atoms with Gasteiger partial charge in [0.25, 0.3) is 0 Å². The molecule has 1 unspecified atom stereocenters. The fourth-order valence-corrected chi connectivity index (χ4v) is 2.73. The molecule has 0 radical (unpaired) electrons. The molecular formula is C17H22N2O3. The molecule has 22 heavy (non-hydrogen) atoms. The molecule has 0 spiro atoms. The second kappa shape index (κ2) is 6.64. The molecule has 1 atom stereocenters. The van der Waals surface area contributed by atoms with Crippen molar-refractivity contribution in [3.8, 4) is 5.75 Å². The fraction of sp³-hybridized carbons (Fsp3) is 0.412. The molecule has 0 aliphatic heterocycles. The third-order valence-corrected chi connectivity index (χ3v) is 3.89. The minimum atomic E-state index is -0.316. The van der Waals surface area contributed by atoms with Gasteiger partial charge in [0, 0.05) is 11.3 Å². The Labute approximate surface area is 130 Å². The molecule has 1 aromatic carbocycles. The first-order valence-electron chi connectivity index (χ1n) is 7.22. The van der Waals surface area contributed by atoms with Crippen LogP contribution in [-0.2, 0) is 16.1 Å². The zero-order valence-corrected chi connectivity index (χ0v) is 13.7. The van der Waals surface area contributed by atoms with Crippen molar-refractivity contribution >= 4 is 5.97 Å². The van der Waals surface area contributed by atoms with Crippen molar-refractivity contribution in [3.63, 3.8) is 0 Å². The Hall–Kier alpha value is -2.30. The Morgan fingerprint density at radius 2 is 2.05 bits per heavy atom. The van der Waals surface area contributed by atoms with Crippen molar-refractivity contribution in [2.75, 3.05) is 14.2 Å². The molecule has 1 aromatic heterocycles. The third kappa shape index (κ3) is 3.13. The summed E-state index contributed by atoms with van der Waals surface area (Å²) >= 11 is 0. The van der Waals surface area contributed by atoms with Gasteiger partial charge >= 0.3 is 5.97 Å². The molecule has 0 bridgehead atoms. The highest BCUT2D eigenvalue weighted by Gasteiger charge is 2.23. The molecule has 0 aliphatic carbocycles. The average molecular weight is 302 g/mol. The third-order valence-electron chi connectivity index (χ3n) is 3.89. The summed E-state index contributed by atoms with van der Waals surface area (Å²) in [6.07, 6.45) is 0. The molecule has 0 aliphatic rings. The van der Waals surface area contributed by atoms with Crippen LogP contribution in [0.5, 0.6) is 5.75 Å². The number of esters is 1. The van der Waals surface area contributed by atoms with Gasteiger partial charge in [-0.05, 0) is 38.5 Å². The monoisotopic (exact) mass is 302 g/mol. The van der Waals surface area contributed by atoms with Crippen molar-refractivity contribution in [1.82, 2.24) is 9.78 Å². The number of hydrogen-bond acceptors (Lipinski definition) is 4. The average Bonchev–Trinajstić information content (AvgIpc) is 2.80. The highest BCUT2D eigenvalue weighted by atomic mass is 16.5. The minimum absolute atomic E-state index is 0.243. The zero-order valence-electron chi connectivity index (χ0n) is 13.7. The van der Waals surface area contributed by atoms with Gasteiger partial charge < -0.3 is 9.47 Å². The standard InChI is InChI=1S/C17H22N2O3/c1-11(17(20)22-5)16-12(2)18-19(13(16)3)10-14-7-6-8-15(9-14)21-4/h6-9,11H,10H2,1-5H3. The van der Waals surface area contributed by atoms with Gasteiger partial charge in [-0.3, -0.25) is 9.48 Å². The number of carbonyl (C=O) groups excluding carboxylic acids is 1. The predicted octanol–water partition coefficient (Wildman–Crippen LogP) is 2.83. The molecule has 0 saturated heterocycles. The Balaban J connectivity index is 2.31. The fourth-order valence-electron chi connectivity index (χ4n) is 2.73. The number of rotatable bonds is 5. The van der Waals surface area contributed by atoms with Crippen LogP contribution >= 0.6 is 0 Å². The molecule has 0 saturated carbocycles. The maximum Gasteiger partial charge on any atom is 0.312 e. The number of nitrogens with zero attached hydrogens (tertiary/aromatic N) is 2. The topological polar surface area (TPSA) is 53.3 Å². The van der Waals surface area contributed by atoms with E-state index in [1.807, 2.05) is 49.7 Å². The van der Waals surface area contributed by atoms with Crippen molar-refractivity contribution < 1.29 is 14.3 Å². The number of aryl methyl sites for hydroxylation is 1. The van der Waals surface area contributed by atoms with Crippen molar-refractivity contribution in [1.29, 1.82) is 0 Å². The normalized spacial score (nSPS) is 12.0. The van der Waals surface area contributed by atoms with Crippen LogP contribution in [-0.4, -0.2) is 30.0 Å². The number of carbonyl (C=O) groups is 1. The van der Waals surface area contributed by atoms with E-state index in [1.54, 1.807) is 7.11 Å². The summed E-state index contributed by atoms with van der Waals surface area (Å²) in [5.41, 5.74) is 3.88. The summed E-state index contributed by atoms with van der Waals surface area (Å²) in [7, 11) is 3.06. The number of methoxy groups -OCH3 is 2. The van der Waals surface area contributed by atoms with E-state index in [4.69, 9.17) is 9.47 Å². The highest BCUT2D eigenvalue weighted by Crippen LogP contribution is 2.25. The van der Waals surface area contributed by atoms with Gasteiger partial charge in [0.15, 0.2) is 0 Å². The number of hydrogen-bond donors (Lipinski definition) is 0. The maximum absolute atomic E-state index is 11.8. The van der Waals surface area contributed by atoms with Crippen LogP contribution in [0.2, 0.25) is 0 Å². The van der Waals surface area contributed by atoms with Crippen LogP contribution < -0.4 is 4.74 Å². The first kappa shape index (κ1) is 16.1. The van der Waals surface area contributed by atoms with E-state index < -0.39 is 0 Å². The number of aromatic nitrogens is 2. The minimum Gasteiger partial charge on any atom is -0.497 e. The van der Waals surface area contributed by atoms with Gasteiger partial charge in [-0.2, -0.15) is 5.10 Å². The highest BCUT2D eigenvalue weighted by molar-refractivity contribution is 5.78. The van der Waals surface area contributed by atoms with E-state index in [9.17, 15) is 4.79 Å². The number of ether oxygens (including phenoxy) is 2. The molecule has 1 heterocycles. The van der Waals surface area contributed by atoms with Crippen LogP contribution in [0.1, 0.15) is 35.4 Å². The van der Waals surface area contributed by atoms with E-state index in [2.05, 4.69) is 5.10 Å². The SMILES string of the molecule is COC(=O)C(C)c1c(C)nn(Cc2cccc(OC)c2)c1C. The molecule has 118 valence electrons. The van der Waals surface area contributed by atoms with E-state index in [0.717, 1.165) is 28.3 Å². The maximum atomic E-state index is 11.8. The van der Waals surface area contributed by atoms with Crippen LogP contribution in [0.15, 0.2) is 24.3 Å². The lowest BCUT2D eigenvalue weighted by Gasteiger charge is -2.11. The number of benzene rings is 1. The Kier molecular flexibility index (Phi) is 4.85. The lowest BCUT2D eigenvalue weighted by Crippen LogP contribution is -2.13.